The van der Waals surface area contributed by atoms with Crippen molar-refractivity contribution in [2.75, 3.05) is 0 Å². The van der Waals surface area contributed by atoms with Gasteiger partial charge in [0.05, 0.1) is 0 Å². The average Bonchev–Trinajstić information content (AvgIpc) is 3.26. The van der Waals surface area contributed by atoms with E-state index in [0.29, 0.717) is 0 Å². The van der Waals surface area contributed by atoms with Gasteiger partial charge in [0.1, 0.15) is 24.4 Å². The summed E-state index contributed by atoms with van der Waals surface area (Å²) in [7, 11) is 0. The lowest BCUT2D eigenvalue weighted by Crippen LogP contribution is -2.12. The Bertz CT molecular complexity index is 2620. The summed E-state index contributed by atoms with van der Waals surface area (Å²) in [6.45, 7) is 0. The van der Waals surface area contributed by atoms with E-state index < -0.39 is 11.6 Å². The summed E-state index contributed by atoms with van der Waals surface area (Å²) >= 11 is -0.750. The molecule has 4 aliphatic rings. The highest BCUT2D eigenvalue weighted by Crippen LogP contribution is 2.43. The lowest BCUT2D eigenvalue weighted by atomic mass is 9.89. The molecule has 0 amide bonds. The molecular formula is C52H36O4S. The van der Waals surface area contributed by atoms with Crippen LogP contribution < -0.4 is 0 Å². The first kappa shape index (κ1) is 35.0. The Hall–Kier alpha value is -6.50. The minimum atomic E-state index is -0.750. The first-order valence-electron chi connectivity index (χ1n) is 19.2. The van der Waals surface area contributed by atoms with Gasteiger partial charge in [-0.05, 0) is 87.6 Å². The highest BCUT2D eigenvalue weighted by atomic mass is 32.1. The van der Waals surface area contributed by atoms with Gasteiger partial charge in [0.2, 0.25) is 0 Å². The zero-order valence-electron chi connectivity index (χ0n) is 30.8. The van der Waals surface area contributed by atoms with E-state index in [1.54, 1.807) is 0 Å². The molecule has 57 heavy (non-hydrogen) atoms. The zero-order chi connectivity index (χ0) is 38.3. The van der Waals surface area contributed by atoms with Gasteiger partial charge in [-0.25, -0.2) is 0 Å². The van der Waals surface area contributed by atoms with Crippen LogP contribution in [0.15, 0.2) is 170 Å². The number of ether oxygens (including phenoxy) is 2. The zero-order valence-corrected chi connectivity index (χ0v) is 31.6. The summed E-state index contributed by atoms with van der Waals surface area (Å²) < 4.78 is 29.9. The quantitative estimate of drug-likeness (QED) is 0.179. The fourth-order valence-electron chi connectivity index (χ4n) is 9.07. The van der Waals surface area contributed by atoms with Gasteiger partial charge in [-0.1, -0.05) is 194 Å². The summed E-state index contributed by atoms with van der Waals surface area (Å²) in [5, 5.41) is 10.3. The third-order valence-electron chi connectivity index (χ3n) is 11.5. The number of hydrogen-bond donors (Lipinski definition) is 0. The molecule has 0 aliphatic heterocycles. The van der Waals surface area contributed by atoms with E-state index in [0.717, 1.165) is 0 Å². The van der Waals surface area contributed by atoms with E-state index in [1.165, 1.54) is 87.6 Å². The molecule has 0 N–H and O–H groups in total. The molecule has 4 aliphatic carbocycles. The molecule has 4 unspecified atom stereocenters. The normalized spacial score (nSPS) is 18.9. The first-order valence-corrected chi connectivity index (χ1v) is 19.9. The fraction of sp³-hybridized carbons (Fsp3) is 0.0769. The predicted octanol–water partition coefficient (Wildman–Crippen LogP) is 13.0. The van der Waals surface area contributed by atoms with Crippen LogP contribution in [0.5, 0.6) is 0 Å². The maximum Gasteiger partial charge on any atom is 0.335 e. The van der Waals surface area contributed by atoms with Gasteiger partial charge in [-0.3, -0.25) is 0 Å². The van der Waals surface area contributed by atoms with Crippen LogP contribution in [0.1, 0.15) is 68.9 Å². The van der Waals surface area contributed by atoms with Gasteiger partial charge in [0, 0.05) is 0 Å². The Kier molecular flexibility index (Phi) is 9.12. The lowest BCUT2D eigenvalue weighted by Gasteiger charge is -2.28. The van der Waals surface area contributed by atoms with Crippen molar-refractivity contribution in [1.82, 2.24) is 0 Å². The van der Waals surface area contributed by atoms with Crippen molar-refractivity contribution < 1.29 is 17.9 Å². The smallest absolute Gasteiger partial charge is 0.335 e. The van der Waals surface area contributed by atoms with Crippen LogP contribution >= 0.6 is 0 Å². The van der Waals surface area contributed by atoms with E-state index >= 15 is 0 Å². The van der Waals surface area contributed by atoms with E-state index in [9.17, 15) is 0 Å². The highest BCUT2D eigenvalue weighted by molar-refractivity contribution is 7.51. The van der Waals surface area contributed by atoms with Crippen molar-refractivity contribution >= 4 is 79.0 Å². The topological polar surface area (TPSA) is 52.6 Å². The third kappa shape index (κ3) is 6.27. The van der Waals surface area contributed by atoms with Gasteiger partial charge in [0.15, 0.2) is 0 Å². The van der Waals surface area contributed by atoms with Crippen LogP contribution in [0.4, 0.5) is 0 Å². The predicted molar refractivity (Wildman–Crippen MR) is 234 cm³/mol. The summed E-state index contributed by atoms with van der Waals surface area (Å²) in [5.74, 6) is 0. The minimum absolute atomic E-state index is 0.0428. The van der Waals surface area contributed by atoms with Crippen LogP contribution in [0.25, 0.3) is 67.4 Å². The summed E-state index contributed by atoms with van der Waals surface area (Å²) in [6, 6.07) is 51.9. The molecule has 0 radical (unpaired) electrons. The Balaban J connectivity index is 0.000000130. The number of rotatable bonds is 4. The van der Waals surface area contributed by atoms with Crippen LogP contribution in [-0.2, 0) is 21.0 Å². The fourth-order valence-corrected chi connectivity index (χ4v) is 9.07. The van der Waals surface area contributed by atoms with Gasteiger partial charge >= 0.3 is 11.6 Å². The molecule has 8 aromatic rings. The molecule has 0 saturated carbocycles. The molecule has 0 bridgehead atoms. The third-order valence-corrected chi connectivity index (χ3v) is 11.5. The molecule has 0 heterocycles. The lowest BCUT2D eigenvalue weighted by molar-refractivity contribution is 0.0417. The van der Waals surface area contributed by atoms with Crippen LogP contribution in [-0.4, -0.2) is 8.42 Å². The van der Waals surface area contributed by atoms with Crippen molar-refractivity contribution in [3.05, 3.63) is 214 Å². The van der Waals surface area contributed by atoms with Crippen LogP contribution in [0, 0.1) is 0 Å². The molecule has 4 atom stereocenters. The molecule has 0 aromatic heterocycles. The van der Waals surface area contributed by atoms with Crippen molar-refractivity contribution in [2.45, 2.75) is 24.4 Å². The Morgan fingerprint density at radius 3 is 0.754 bits per heavy atom. The second-order valence-electron chi connectivity index (χ2n) is 14.6. The SMILES string of the molecule is C1=CC(OC2C=Cc3cccc4cccc2c34)c2cccc3cccc1c23.C1=CC(OC2C=Cc3cccc4cccc2c34)c2cccc3cccc1c23.O=S=O. The van der Waals surface area contributed by atoms with E-state index in [-0.39, 0.29) is 24.4 Å². The first-order chi connectivity index (χ1) is 28.2. The molecule has 274 valence electrons. The molecule has 0 saturated heterocycles. The Morgan fingerprint density at radius 1 is 0.316 bits per heavy atom. The minimum Gasteiger partial charge on any atom is -0.357 e. The summed E-state index contributed by atoms with van der Waals surface area (Å²) in [6.07, 6.45) is 17.4. The number of benzene rings is 8. The van der Waals surface area contributed by atoms with E-state index in [1.807, 2.05) is 0 Å². The molecular weight excluding hydrogens is 721 g/mol. The standard InChI is InChI=1S/2C26H18O.O2S/c2*1-5-17-9-3-11-21-23(15-13-19(7-1)25(17)21)27-24-16-14-20-8-2-6-18-10-4-12-22(24)26(18)20;1-3-2/h2*1-16,23-24H;. The Morgan fingerprint density at radius 2 is 0.526 bits per heavy atom. The Labute approximate surface area is 334 Å². The van der Waals surface area contributed by atoms with Gasteiger partial charge < -0.3 is 9.47 Å². The monoisotopic (exact) mass is 756 g/mol. The summed E-state index contributed by atoms with van der Waals surface area (Å²) in [4.78, 5) is 0. The second kappa shape index (κ2) is 14.9. The van der Waals surface area contributed by atoms with E-state index in [2.05, 4.69) is 194 Å². The van der Waals surface area contributed by atoms with Crippen molar-refractivity contribution in [3.63, 3.8) is 0 Å². The maximum atomic E-state index is 8.29. The van der Waals surface area contributed by atoms with Gasteiger partial charge in [0.25, 0.3) is 0 Å². The van der Waals surface area contributed by atoms with Crippen LogP contribution in [0.2, 0.25) is 0 Å². The largest absolute Gasteiger partial charge is 0.357 e. The van der Waals surface area contributed by atoms with Crippen LogP contribution in [0.3, 0.4) is 0 Å². The molecule has 4 nitrogen and oxygen atoms in total. The molecule has 5 heteroatoms. The average molecular weight is 757 g/mol. The van der Waals surface area contributed by atoms with Crippen molar-refractivity contribution in [3.8, 4) is 0 Å². The van der Waals surface area contributed by atoms with Crippen molar-refractivity contribution in [1.29, 1.82) is 0 Å². The van der Waals surface area contributed by atoms with Gasteiger partial charge in [-0.2, -0.15) is 8.42 Å². The van der Waals surface area contributed by atoms with E-state index in [4.69, 9.17) is 17.9 Å². The molecule has 8 aromatic carbocycles. The van der Waals surface area contributed by atoms with Crippen molar-refractivity contribution in [2.24, 2.45) is 0 Å². The second-order valence-corrected chi connectivity index (χ2v) is 14.8. The maximum absolute atomic E-state index is 8.29. The number of hydrogen-bond acceptors (Lipinski definition) is 4. The summed E-state index contributed by atoms with van der Waals surface area (Å²) in [5.41, 5.74) is 10.1. The molecule has 0 spiro atoms. The highest BCUT2D eigenvalue weighted by Gasteiger charge is 2.26. The molecule has 12 rings (SSSR count). The van der Waals surface area contributed by atoms with Gasteiger partial charge in [-0.15, -0.1) is 0 Å². The molecule has 0 fully saturated rings.